The number of methoxy groups -OCH3 is 5. The molecule has 8 heteroatoms. The van der Waals surface area contributed by atoms with Crippen LogP contribution in [0.1, 0.15) is 44.9 Å². The Morgan fingerprint density at radius 2 is 1.42 bits per heavy atom. The van der Waals surface area contributed by atoms with Crippen molar-refractivity contribution < 1.29 is 38.3 Å². The maximum Gasteiger partial charge on any atom is 0.338 e. The first kappa shape index (κ1) is 27.2. The van der Waals surface area contributed by atoms with Gasteiger partial charge in [0.05, 0.1) is 41.7 Å². The highest BCUT2D eigenvalue weighted by Crippen LogP contribution is 2.57. The number of ether oxygens (including phenoxy) is 6. The summed E-state index contributed by atoms with van der Waals surface area (Å²) in [6.07, 6.45) is 1.40. The lowest BCUT2D eigenvalue weighted by Gasteiger charge is -2.33. The molecule has 1 aliphatic carbocycles. The standard InChI is InChI=1S/C28H36O8/c1-10-14(2)28(30)36-27-21-17(12-19(31-5)25(27)34-8)11-15(3)16(4)23(29)18-13-20(32-6)24(33-7)26(35-9)22(18)21/h10,12-13,15-16,23,29H,11H2,1-9H3/b14-10-/t15-,16-,23+/m1/s1. The fraction of sp³-hybridized carbons (Fsp3) is 0.464. The Bertz CT molecular complexity index is 1170. The summed E-state index contributed by atoms with van der Waals surface area (Å²) in [5.74, 6) is 1.42. The van der Waals surface area contributed by atoms with Crippen molar-refractivity contribution in [1.29, 1.82) is 0 Å². The molecule has 0 radical (unpaired) electrons. The van der Waals surface area contributed by atoms with Crippen molar-refractivity contribution in [1.82, 2.24) is 0 Å². The summed E-state index contributed by atoms with van der Waals surface area (Å²) in [5, 5.41) is 11.5. The van der Waals surface area contributed by atoms with Crippen molar-refractivity contribution in [3.05, 3.63) is 34.9 Å². The molecule has 0 spiro atoms. The Labute approximate surface area is 212 Å². The molecule has 1 aliphatic rings. The number of esters is 1. The predicted molar refractivity (Wildman–Crippen MR) is 137 cm³/mol. The van der Waals surface area contributed by atoms with Crippen LogP contribution in [-0.4, -0.2) is 46.6 Å². The molecular formula is C28H36O8. The molecule has 0 fully saturated rings. The van der Waals surface area contributed by atoms with Gasteiger partial charge in [0.25, 0.3) is 0 Å². The Balaban J connectivity index is 2.57. The number of rotatable bonds is 7. The number of allylic oxidation sites excluding steroid dienone is 1. The maximum atomic E-state index is 13.0. The molecule has 3 atom stereocenters. The van der Waals surface area contributed by atoms with Gasteiger partial charge in [0.2, 0.25) is 11.5 Å². The minimum Gasteiger partial charge on any atom is -0.493 e. The van der Waals surface area contributed by atoms with Crippen molar-refractivity contribution in [2.45, 2.75) is 40.2 Å². The Hall–Kier alpha value is -3.39. The van der Waals surface area contributed by atoms with E-state index in [0.717, 1.165) is 5.56 Å². The van der Waals surface area contributed by atoms with Gasteiger partial charge in [-0.1, -0.05) is 19.9 Å². The summed E-state index contributed by atoms with van der Waals surface area (Å²) in [6, 6.07) is 3.63. The number of fused-ring (bicyclic) bond motifs is 3. The molecule has 0 bridgehead atoms. The quantitative estimate of drug-likeness (QED) is 0.318. The van der Waals surface area contributed by atoms with Gasteiger partial charge >= 0.3 is 5.97 Å². The van der Waals surface area contributed by atoms with E-state index in [0.29, 0.717) is 51.7 Å². The van der Waals surface area contributed by atoms with Crippen LogP contribution in [0.4, 0.5) is 0 Å². The summed E-state index contributed by atoms with van der Waals surface area (Å²) in [6.45, 7) is 7.52. The van der Waals surface area contributed by atoms with E-state index >= 15 is 0 Å². The number of benzene rings is 2. The number of carbonyl (C=O) groups excluding carboxylic acids is 1. The zero-order valence-corrected chi connectivity index (χ0v) is 22.5. The van der Waals surface area contributed by atoms with E-state index in [4.69, 9.17) is 28.4 Å². The number of hydrogen-bond donors (Lipinski definition) is 1. The second-order valence-corrected chi connectivity index (χ2v) is 8.93. The molecule has 0 aliphatic heterocycles. The van der Waals surface area contributed by atoms with Gasteiger partial charge < -0.3 is 33.5 Å². The van der Waals surface area contributed by atoms with Crippen LogP contribution in [0.3, 0.4) is 0 Å². The Morgan fingerprint density at radius 1 is 0.861 bits per heavy atom. The Kier molecular flexibility index (Phi) is 8.40. The van der Waals surface area contributed by atoms with E-state index in [-0.39, 0.29) is 23.3 Å². The normalized spacial score (nSPS) is 19.3. The van der Waals surface area contributed by atoms with Crippen molar-refractivity contribution >= 4 is 5.97 Å². The SMILES string of the molecule is C/C=C(/C)C(=O)Oc1c(OC)c(OC)cc2c1-c1c(cc(OC)c(OC)c1OC)[C@@H](O)[C@H](C)[C@H](C)C2. The monoisotopic (exact) mass is 500 g/mol. The molecule has 36 heavy (non-hydrogen) atoms. The summed E-state index contributed by atoms with van der Waals surface area (Å²) in [4.78, 5) is 13.0. The molecule has 0 amide bonds. The average Bonchev–Trinajstić information content (AvgIpc) is 2.89. The molecule has 3 rings (SSSR count). The molecule has 2 aromatic carbocycles. The summed E-state index contributed by atoms with van der Waals surface area (Å²) in [7, 11) is 7.58. The lowest BCUT2D eigenvalue weighted by Crippen LogP contribution is -2.23. The third-order valence-corrected chi connectivity index (χ3v) is 7.02. The molecular weight excluding hydrogens is 464 g/mol. The summed E-state index contributed by atoms with van der Waals surface area (Å²) < 4.78 is 34.4. The summed E-state index contributed by atoms with van der Waals surface area (Å²) in [5.41, 5.74) is 2.96. The van der Waals surface area contributed by atoms with Gasteiger partial charge in [0.1, 0.15) is 0 Å². The first-order chi connectivity index (χ1) is 17.2. The average molecular weight is 501 g/mol. The largest absolute Gasteiger partial charge is 0.493 e. The first-order valence-electron chi connectivity index (χ1n) is 11.8. The van der Waals surface area contributed by atoms with Gasteiger partial charge in [-0.25, -0.2) is 4.79 Å². The van der Waals surface area contributed by atoms with Gasteiger partial charge in [-0.15, -0.1) is 0 Å². The van der Waals surface area contributed by atoms with Crippen molar-refractivity contribution in [2.24, 2.45) is 11.8 Å². The van der Waals surface area contributed by atoms with E-state index in [1.54, 1.807) is 26.0 Å². The molecule has 0 unspecified atom stereocenters. The smallest absolute Gasteiger partial charge is 0.338 e. The van der Waals surface area contributed by atoms with Crippen LogP contribution in [0.2, 0.25) is 0 Å². The van der Waals surface area contributed by atoms with E-state index in [2.05, 4.69) is 6.92 Å². The van der Waals surface area contributed by atoms with Crippen LogP contribution in [-0.2, 0) is 11.2 Å². The van der Waals surface area contributed by atoms with Crippen LogP contribution in [0.15, 0.2) is 23.8 Å². The second kappa shape index (κ2) is 11.1. The minimum atomic E-state index is -0.856. The van der Waals surface area contributed by atoms with Crippen LogP contribution < -0.4 is 28.4 Å². The van der Waals surface area contributed by atoms with Gasteiger partial charge in [-0.3, -0.25) is 0 Å². The van der Waals surface area contributed by atoms with Crippen LogP contribution >= 0.6 is 0 Å². The Morgan fingerprint density at radius 3 is 1.94 bits per heavy atom. The van der Waals surface area contributed by atoms with Crippen LogP contribution in [0.5, 0.6) is 34.5 Å². The zero-order chi connectivity index (χ0) is 26.7. The van der Waals surface area contributed by atoms with Gasteiger partial charge in [-0.05, 0) is 55.4 Å². The van der Waals surface area contributed by atoms with Crippen molar-refractivity contribution in [2.75, 3.05) is 35.5 Å². The number of aliphatic hydroxyl groups excluding tert-OH is 1. The van der Waals surface area contributed by atoms with Gasteiger partial charge in [0, 0.05) is 16.7 Å². The highest BCUT2D eigenvalue weighted by molar-refractivity contribution is 5.94. The number of hydrogen-bond acceptors (Lipinski definition) is 8. The maximum absolute atomic E-state index is 13.0. The number of aliphatic hydroxyl groups is 1. The lowest BCUT2D eigenvalue weighted by atomic mass is 9.76. The third-order valence-electron chi connectivity index (χ3n) is 7.02. The summed E-state index contributed by atoms with van der Waals surface area (Å²) >= 11 is 0. The van der Waals surface area contributed by atoms with Gasteiger partial charge in [-0.2, -0.15) is 0 Å². The van der Waals surface area contributed by atoms with E-state index in [9.17, 15) is 9.90 Å². The molecule has 2 aromatic rings. The number of carbonyl (C=O) groups is 1. The third kappa shape index (κ3) is 4.57. The lowest BCUT2D eigenvalue weighted by molar-refractivity contribution is -0.130. The van der Waals surface area contributed by atoms with Crippen LogP contribution in [0, 0.1) is 11.8 Å². The highest BCUT2D eigenvalue weighted by Gasteiger charge is 2.37. The molecule has 0 heterocycles. The minimum absolute atomic E-state index is 0.0740. The molecule has 0 aromatic heterocycles. The van der Waals surface area contributed by atoms with E-state index in [1.165, 1.54) is 35.5 Å². The molecule has 0 saturated heterocycles. The molecule has 0 saturated carbocycles. The fourth-order valence-electron chi connectivity index (χ4n) is 4.63. The molecule has 8 nitrogen and oxygen atoms in total. The predicted octanol–water partition coefficient (Wildman–Crippen LogP) is 5.13. The molecule has 1 N–H and O–H groups in total. The van der Waals surface area contributed by atoms with E-state index in [1.807, 2.05) is 13.0 Å². The van der Waals surface area contributed by atoms with E-state index < -0.39 is 12.1 Å². The van der Waals surface area contributed by atoms with Gasteiger partial charge in [0.15, 0.2) is 23.0 Å². The molecule has 196 valence electrons. The topological polar surface area (TPSA) is 92.7 Å². The van der Waals surface area contributed by atoms with Crippen molar-refractivity contribution in [3.8, 4) is 45.6 Å². The highest BCUT2D eigenvalue weighted by atomic mass is 16.6. The first-order valence-corrected chi connectivity index (χ1v) is 11.8. The fourth-order valence-corrected chi connectivity index (χ4v) is 4.63. The zero-order valence-electron chi connectivity index (χ0n) is 22.5. The van der Waals surface area contributed by atoms with Crippen LogP contribution in [0.25, 0.3) is 11.1 Å². The van der Waals surface area contributed by atoms with Crippen molar-refractivity contribution in [3.63, 3.8) is 0 Å². The second-order valence-electron chi connectivity index (χ2n) is 8.93.